The number of nitrogens with one attached hydrogen (secondary N) is 1. The summed E-state index contributed by atoms with van der Waals surface area (Å²) >= 11 is 0. The van der Waals surface area contributed by atoms with Crippen LogP contribution in [-0.4, -0.2) is 15.8 Å². The van der Waals surface area contributed by atoms with Crippen molar-refractivity contribution < 1.29 is 0 Å². The molecule has 1 aromatic rings. The lowest BCUT2D eigenvalue weighted by atomic mass is 10.1. The Morgan fingerprint density at radius 1 is 1.38 bits per heavy atom. The highest BCUT2D eigenvalue weighted by Gasteiger charge is 2.14. The summed E-state index contributed by atoms with van der Waals surface area (Å²) in [6, 6.07) is 0.420. The molecule has 0 amide bonds. The maximum Gasteiger partial charge on any atom is 0.148 e. The van der Waals surface area contributed by atoms with E-state index in [0.29, 0.717) is 12.0 Å². The molecule has 0 aliphatic heterocycles. The van der Waals surface area contributed by atoms with E-state index in [1.54, 1.807) is 0 Å². The van der Waals surface area contributed by atoms with Crippen LogP contribution in [-0.2, 0) is 6.54 Å². The number of nitrogen functional groups attached to an aromatic ring is 1. The molecule has 1 heterocycles. The van der Waals surface area contributed by atoms with E-state index in [2.05, 4.69) is 38.1 Å². The predicted octanol–water partition coefficient (Wildman–Crippen LogP) is 2.64. The zero-order chi connectivity index (χ0) is 12.3. The van der Waals surface area contributed by atoms with Gasteiger partial charge in [0.05, 0.1) is 11.4 Å². The first-order chi connectivity index (χ1) is 7.45. The van der Waals surface area contributed by atoms with Gasteiger partial charge in [0.15, 0.2) is 0 Å². The normalized spacial score (nSPS) is 13.1. The topological polar surface area (TPSA) is 55.9 Å². The van der Waals surface area contributed by atoms with Crippen molar-refractivity contribution in [3.05, 3.63) is 5.69 Å². The minimum Gasteiger partial charge on any atom is -0.394 e. The molecule has 0 saturated carbocycles. The summed E-state index contributed by atoms with van der Waals surface area (Å²) in [5.41, 5.74) is 7.69. The van der Waals surface area contributed by atoms with E-state index in [1.807, 2.05) is 11.6 Å². The van der Waals surface area contributed by atoms with Crippen LogP contribution >= 0.6 is 0 Å². The molecular weight excluding hydrogens is 200 g/mol. The van der Waals surface area contributed by atoms with Gasteiger partial charge in [0, 0.05) is 12.6 Å². The number of nitrogens with zero attached hydrogens (tertiary/aromatic N) is 2. The molecule has 0 aromatic carbocycles. The predicted molar refractivity (Wildman–Crippen MR) is 69.6 cm³/mol. The molecule has 4 heteroatoms. The number of nitrogens with two attached hydrogens (primary N) is 1. The van der Waals surface area contributed by atoms with Gasteiger partial charge in [-0.05, 0) is 33.1 Å². The molecular formula is C12H24N4. The van der Waals surface area contributed by atoms with E-state index in [9.17, 15) is 0 Å². The Bertz CT molecular complexity index is 341. The first kappa shape index (κ1) is 12.9. The van der Waals surface area contributed by atoms with Gasteiger partial charge < -0.3 is 11.1 Å². The van der Waals surface area contributed by atoms with Crippen molar-refractivity contribution in [1.29, 1.82) is 0 Å². The minimum atomic E-state index is 0.420. The van der Waals surface area contributed by atoms with Crippen molar-refractivity contribution in [2.45, 2.75) is 53.6 Å². The number of hydrogen-bond acceptors (Lipinski definition) is 3. The molecule has 1 unspecified atom stereocenters. The van der Waals surface area contributed by atoms with E-state index in [0.717, 1.165) is 30.2 Å². The fourth-order valence-corrected chi connectivity index (χ4v) is 1.98. The van der Waals surface area contributed by atoms with E-state index < -0.39 is 0 Å². The molecule has 0 aliphatic rings. The van der Waals surface area contributed by atoms with Crippen molar-refractivity contribution in [3.8, 4) is 0 Å². The molecule has 0 saturated heterocycles. The highest BCUT2D eigenvalue weighted by atomic mass is 15.3. The maximum absolute atomic E-state index is 6.01. The second kappa shape index (κ2) is 5.23. The first-order valence-electron chi connectivity index (χ1n) is 6.05. The lowest BCUT2D eigenvalue weighted by molar-refractivity contribution is 0.534. The summed E-state index contributed by atoms with van der Waals surface area (Å²) in [5.74, 6) is 1.65. The summed E-state index contributed by atoms with van der Waals surface area (Å²) in [6.45, 7) is 11.5. The van der Waals surface area contributed by atoms with Crippen molar-refractivity contribution in [1.82, 2.24) is 9.78 Å². The van der Waals surface area contributed by atoms with E-state index in [1.165, 1.54) is 0 Å². The zero-order valence-corrected chi connectivity index (χ0v) is 11.0. The van der Waals surface area contributed by atoms with E-state index >= 15 is 0 Å². The SMILES string of the molecule is CCn1nc(C)c(N)c1NC(C)CC(C)C. The molecule has 4 nitrogen and oxygen atoms in total. The molecule has 92 valence electrons. The van der Waals surface area contributed by atoms with Crippen molar-refractivity contribution in [2.24, 2.45) is 5.92 Å². The summed E-state index contributed by atoms with van der Waals surface area (Å²) in [7, 11) is 0. The Hall–Kier alpha value is -1.19. The van der Waals surface area contributed by atoms with Gasteiger partial charge in [-0.15, -0.1) is 0 Å². The van der Waals surface area contributed by atoms with Crippen LogP contribution in [0.25, 0.3) is 0 Å². The van der Waals surface area contributed by atoms with Crippen molar-refractivity contribution in [2.75, 3.05) is 11.1 Å². The van der Waals surface area contributed by atoms with Gasteiger partial charge >= 0.3 is 0 Å². The van der Waals surface area contributed by atoms with Crippen LogP contribution in [0.3, 0.4) is 0 Å². The van der Waals surface area contributed by atoms with Gasteiger partial charge in [-0.1, -0.05) is 13.8 Å². The van der Waals surface area contributed by atoms with Gasteiger partial charge in [-0.3, -0.25) is 0 Å². The van der Waals surface area contributed by atoms with Crippen molar-refractivity contribution >= 4 is 11.5 Å². The van der Waals surface area contributed by atoms with Crippen LogP contribution in [0.1, 0.15) is 39.8 Å². The Labute approximate surface area is 98.2 Å². The molecule has 16 heavy (non-hydrogen) atoms. The summed E-state index contributed by atoms with van der Waals surface area (Å²) in [6.07, 6.45) is 1.13. The van der Waals surface area contributed by atoms with Crippen LogP contribution in [0, 0.1) is 12.8 Å². The summed E-state index contributed by atoms with van der Waals surface area (Å²) < 4.78 is 1.93. The number of aromatic nitrogens is 2. The molecule has 0 spiro atoms. The Kier molecular flexibility index (Phi) is 4.21. The maximum atomic E-state index is 6.01. The van der Waals surface area contributed by atoms with Gasteiger partial charge in [-0.25, -0.2) is 4.68 Å². The fraction of sp³-hybridized carbons (Fsp3) is 0.750. The first-order valence-corrected chi connectivity index (χ1v) is 6.05. The number of anilines is 2. The van der Waals surface area contributed by atoms with E-state index in [4.69, 9.17) is 5.73 Å². The summed E-state index contributed by atoms with van der Waals surface area (Å²) in [4.78, 5) is 0. The molecule has 1 aromatic heterocycles. The molecule has 1 rings (SSSR count). The fourth-order valence-electron chi connectivity index (χ4n) is 1.98. The lowest BCUT2D eigenvalue weighted by Gasteiger charge is -2.18. The summed E-state index contributed by atoms with van der Waals surface area (Å²) in [5, 5.41) is 7.85. The van der Waals surface area contributed by atoms with Gasteiger partial charge in [0.2, 0.25) is 0 Å². The average molecular weight is 224 g/mol. The highest BCUT2D eigenvalue weighted by molar-refractivity contribution is 5.65. The van der Waals surface area contributed by atoms with Crippen LogP contribution in [0.2, 0.25) is 0 Å². The van der Waals surface area contributed by atoms with Gasteiger partial charge in [-0.2, -0.15) is 5.10 Å². The molecule has 0 bridgehead atoms. The standard InChI is InChI=1S/C12H24N4/c1-6-16-12(11(13)10(5)15-16)14-9(4)7-8(2)3/h8-9,14H,6-7,13H2,1-5H3. The third-order valence-corrected chi connectivity index (χ3v) is 2.68. The molecule has 0 fully saturated rings. The third kappa shape index (κ3) is 2.90. The highest BCUT2D eigenvalue weighted by Crippen LogP contribution is 2.23. The van der Waals surface area contributed by atoms with Gasteiger partial charge in [0.1, 0.15) is 5.82 Å². The van der Waals surface area contributed by atoms with Crippen molar-refractivity contribution in [3.63, 3.8) is 0 Å². The largest absolute Gasteiger partial charge is 0.394 e. The number of hydrogen-bond donors (Lipinski definition) is 2. The van der Waals surface area contributed by atoms with Crippen LogP contribution in [0.5, 0.6) is 0 Å². The average Bonchev–Trinajstić information content (AvgIpc) is 2.44. The Balaban J connectivity index is 2.79. The molecule has 0 aliphatic carbocycles. The number of aryl methyl sites for hydroxylation is 2. The third-order valence-electron chi connectivity index (χ3n) is 2.68. The van der Waals surface area contributed by atoms with Crippen LogP contribution < -0.4 is 11.1 Å². The smallest absolute Gasteiger partial charge is 0.148 e. The lowest BCUT2D eigenvalue weighted by Crippen LogP contribution is -2.20. The van der Waals surface area contributed by atoms with Crippen LogP contribution in [0.15, 0.2) is 0 Å². The van der Waals surface area contributed by atoms with E-state index in [-0.39, 0.29) is 0 Å². The van der Waals surface area contributed by atoms with Gasteiger partial charge in [0.25, 0.3) is 0 Å². The van der Waals surface area contributed by atoms with Crippen LogP contribution in [0.4, 0.5) is 11.5 Å². The monoisotopic (exact) mass is 224 g/mol. The quantitative estimate of drug-likeness (QED) is 0.808. The Morgan fingerprint density at radius 2 is 2.00 bits per heavy atom. The second-order valence-electron chi connectivity index (χ2n) is 4.84. The minimum absolute atomic E-state index is 0.420. The zero-order valence-electron chi connectivity index (χ0n) is 11.0. The second-order valence-corrected chi connectivity index (χ2v) is 4.84. The number of rotatable bonds is 5. The molecule has 1 atom stereocenters. The molecule has 3 N–H and O–H groups in total. The molecule has 0 radical (unpaired) electrons. The Morgan fingerprint density at radius 3 is 2.50 bits per heavy atom.